The Morgan fingerprint density at radius 1 is 1.42 bits per heavy atom. The van der Waals surface area contributed by atoms with Gasteiger partial charge in [-0.1, -0.05) is 12.8 Å². The number of ether oxygens (including phenoxy) is 1. The van der Waals surface area contributed by atoms with Crippen LogP contribution in [-0.2, 0) is 4.74 Å². The molecule has 0 bridgehead atoms. The van der Waals surface area contributed by atoms with E-state index in [1.807, 2.05) is 0 Å². The predicted molar refractivity (Wildman–Crippen MR) is 50.6 cm³/mol. The maximum absolute atomic E-state index is 6.26. The Morgan fingerprint density at radius 3 is 2.58 bits per heavy atom. The molecule has 2 aliphatic rings. The van der Waals surface area contributed by atoms with Crippen LogP contribution < -0.4 is 0 Å². The zero-order valence-corrected chi connectivity index (χ0v) is 8.44. The fraction of sp³-hybridized carbons (Fsp3) is 1.00. The Bertz CT molecular complexity index is 161. The molecule has 0 N–H and O–H groups in total. The maximum Gasteiger partial charge on any atom is 0.0659 e. The zero-order chi connectivity index (χ0) is 8.60. The molecule has 0 amide bonds. The summed E-state index contributed by atoms with van der Waals surface area (Å²) in [5, 5.41) is 0.400. The van der Waals surface area contributed by atoms with Crippen LogP contribution in [0.2, 0.25) is 0 Å². The Kier molecular flexibility index (Phi) is 2.35. The Balaban J connectivity index is 2.00. The lowest BCUT2D eigenvalue weighted by atomic mass is 9.64. The highest BCUT2D eigenvalue weighted by Gasteiger charge is 2.55. The molecule has 1 spiro atoms. The molecule has 2 unspecified atom stereocenters. The molecule has 0 aromatic carbocycles. The van der Waals surface area contributed by atoms with Gasteiger partial charge in [0.2, 0.25) is 0 Å². The van der Waals surface area contributed by atoms with Crippen molar-refractivity contribution in [2.45, 2.75) is 50.5 Å². The van der Waals surface area contributed by atoms with E-state index < -0.39 is 0 Å². The number of hydrogen-bond acceptors (Lipinski definition) is 1. The second kappa shape index (κ2) is 3.19. The van der Waals surface area contributed by atoms with Crippen molar-refractivity contribution in [2.24, 2.45) is 5.41 Å². The van der Waals surface area contributed by atoms with E-state index in [1.165, 1.54) is 25.7 Å². The summed E-state index contributed by atoms with van der Waals surface area (Å²) in [5.41, 5.74) is 0.386. The lowest BCUT2D eigenvalue weighted by molar-refractivity contribution is -0.100. The molecule has 2 aliphatic carbocycles. The van der Waals surface area contributed by atoms with Crippen molar-refractivity contribution in [3.8, 4) is 0 Å². The third kappa shape index (κ3) is 1.10. The average molecular weight is 189 g/mol. The number of alkyl halides is 1. The minimum atomic E-state index is 0.386. The third-order valence-electron chi connectivity index (χ3n) is 3.59. The third-order valence-corrected chi connectivity index (χ3v) is 4.20. The SMILES string of the molecule is CCOC1CC(Cl)C12CCCC2. The van der Waals surface area contributed by atoms with E-state index >= 15 is 0 Å². The predicted octanol–water partition coefficient (Wildman–Crippen LogP) is 2.96. The van der Waals surface area contributed by atoms with Gasteiger partial charge in [-0.25, -0.2) is 0 Å². The molecule has 70 valence electrons. The Hall–Kier alpha value is 0.250. The van der Waals surface area contributed by atoms with Crippen LogP contribution in [0.3, 0.4) is 0 Å². The number of halogens is 1. The minimum absolute atomic E-state index is 0.386. The summed E-state index contributed by atoms with van der Waals surface area (Å²) >= 11 is 6.26. The van der Waals surface area contributed by atoms with Gasteiger partial charge in [-0.3, -0.25) is 0 Å². The topological polar surface area (TPSA) is 9.23 Å². The monoisotopic (exact) mass is 188 g/mol. The first-order valence-electron chi connectivity index (χ1n) is 5.05. The summed E-state index contributed by atoms with van der Waals surface area (Å²) in [6.45, 7) is 2.92. The lowest BCUT2D eigenvalue weighted by Gasteiger charge is -2.51. The molecule has 2 fully saturated rings. The second-order valence-corrected chi connectivity index (χ2v) is 4.61. The van der Waals surface area contributed by atoms with Gasteiger partial charge >= 0.3 is 0 Å². The quantitative estimate of drug-likeness (QED) is 0.606. The van der Waals surface area contributed by atoms with Crippen molar-refractivity contribution in [1.29, 1.82) is 0 Å². The number of hydrogen-bond donors (Lipinski definition) is 0. The molecule has 0 aromatic rings. The van der Waals surface area contributed by atoms with Crippen molar-refractivity contribution in [2.75, 3.05) is 6.61 Å². The lowest BCUT2D eigenvalue weighted by Crippen LogP contribution is -2.54. The van der Waals surface area contributed by atoms with E-state index in [4.69, 9.17) is 16.3 Å². The summed E-state index contributed by atoms with van der Waals surface area (Å²) in [4.78, 5) is 0. The van der Waals surface area contributed by atoms with Crippen LogP contribution in [0.15, 0.2) is 0 Å². The van der Waals surface area contributed by atoms with E-state index in [-0.39, 0.29) is 0 Å². The zero-order valence-electron chi connectivity index (χ0n) is 7.68. The molecular weight excluding hydrogens is 172 g/mol. The van der Waals surface area contributed by atoms with Gasteiger partial charge in [-0.2, -0.15) is 0 Å². The molecule has 0 aliphatic heterocycles. The highest BCUT2D eigenvalue weighted by atomic mass is 35.5. The van der Waals surface area contributed by atoms with Gasteiger partial charge in [0.1, 0.15) is 0 Å². The van der Waals surface area contributed by atoms with Crippen LogP contribution in [0.5, 0.6) is 0 Å². The van der Waals surface area contributed by atoms with E-state index in [0.29, 0.717) is 16.9 Å². The Morgan fingerprint density at radius 2 is 2.08 bits per heavy atom. The minimum Gasteiger partial charge on any atom is -0.378 e. The average Bonchev–Trinajstić information content (AvgIpc) is 2.55. The maximum atomic E-state index is 6.26. The van der Waals surface area contributed by atoms with Crippen molar-refractivity contribution in [1.82, 2.24) is 0 Å². The first kappa shape index (κ1) is 8.83. The summed E-state index contributed by atoms with van der Waals surface area (Å²) in [5.74, 6) is 0. The van der Waals surface area contributed by atoms with Crippen LogP contribution in [0.1, 0.15) is 39.0 Å². The van der Waals surface area contributed by atoms with Gasteiger partial charge in [-0.05, 0) is 26.2 Å². The molecular formula is C10H17ClO. The fourth-order valence-corrected chi connectivity index (χ4v) is 3.32. The van der Waals surface area contributed by atoms with Gasteiger partial charge in [0, 0.05) is 17.4 Å². The van der Waals surface area contributed by atoms with Crippen LogP contribution in [0.25, 0.3) is 0 Å². The largest absolute Gasteiger partial charge is 0.378 e. The summed E-state index contributed by atoms with van der Waals surface area (Å²) < 4.78 is 5.70. The number of rotatable bonds is 2. The first-order valence-corrected chi connectivity index (χ1v) is 5.49. The van der Waals surface area contributed by atoms with Crippen LogP contribution >= 0.6 is 11.6 Å². The molecule has 0 radical (unpaired) electrons. The van der Waals surface area contributed by atoms with Crippen molar-refractivity contribution in [3.05, 3.63) is 0 Å². The van der Waals surface area contributed by atoms with Crippen molar-refractivity contribution < 1.29 is 4.74 Å². The molecule has 0 saturated heterocycles. The fourth-order valence-electron chi connectivity index (χ4n) is 2.80. The van der Waals surface area contributed by atoms with Gasteiger partial charge < -0.3 is 4.74 Å². The Labute approximate surface area is 79.4 Å². The van der Waals surface area contributed by atoms with Crippen LogP contribution in [0.4, 0.5) is 0 Å². The van der Waals surface area contributed by atoms with Crippen molar-refractivity contribution in [3.63, 3.8) is 0 Å². The molecule has 2 heteroatoms. The van der Waals surface area contributed by atoms with Gasteiger partial charge in [-0.15, -0.1) is 11.6 Å². The molecule has 12 heavy (non-hydrogen) atoms. The standard InChI is InChI=1S/C10H17ClO/c1-2-12-9-7-8(11)10(9)5-3-4-6-10/h8-9H,2-7H2,1H3. The van der Waals surface area contributed by atoms with Crippen LogP contribution in [0, 0.1) is 5.41 Å². The van der Waals surface area contributed by atoms with Crippen LogP contribution in [-0.4, -0.2) is 18.1 Å². The van der Waals surface area contributed by atoms with E-state index in [9.17, 15) is 0 Å². The van der Waals surface area contributed by atoms with Crippen molar-refractivity contribution >= 4 is 11.6 Å². The normalized spacial score (nSPS) is 38.5. The second-order valence-electron chi connectivity index (χ2n) is 4.09. The molecule has 0 aromatic heterocycles. The van der Waals surface area contributed by atoms with Gasteiger partial charge in [0.05, 0.1) is 6.10 Å². The smallest absolute Gasteiger partial charge is 0.0659 e. The van der Waals surface area contributed by atoms with E-state index in [0.717, 1.165) is 13.0 Å². The summed E-state index contributed by atoms with van der Waals surface area (Å²) in [7, 11) is 0. The molecule has 2 rings (SSSR count). The molecule has 1 nitrogen and oxygen atoms in total. The first-order chi connectivity index (χ1) is 5.79. The molecule has 2 saturated carbocycles. The highest BCUT2D eigenvalue weighted by Crippen LogP contribution is 2.57. The summed E-state index contributed by atoms with van der Waals surface area (Å²) in [6, 6.07) is 0. The van der Waals surface area contributed by atoms with Gasteiger partial charge in [0.15, 0.2) is 0 Å². The highest BCUT2D eigenvalue weighted by molar-refractivity contribution is 6.21. The molecule has 2 atom stereocenters. The summed E-state index contributed by atoms with van der Waals surface area (Å²) in [6.07, 6.45) is 6.86. The van der Waals surface area contributed by atoms with Gasteiger partial charge in [0.25, 0.3) is 0 Å². The van der Waals surface area contributed by atoms with E-state index in [1.54, 1.807) is 0 Å². The van der Waals surface area contributed by atoms with E-state index in [2.05, 4.69) is 6.92 Å². The molecule has 0 heterocycles.